The molecule has 31 heavy (non-hydrogen) atoms. The summed E-state index contributed by atoms with van der Waals surface area (Å²) in [7, 11) is -1.90. The Morgan fingerprint density at radius 3 is 2.68 bits per heavy atom. The molecular formula is C20H24N6O3S2. The van der Waals surface area contributed by atoms with Crippen LogP contribution in [0.4, 0.5) is 5.69 Å². The summed E-state index contributed by atoms with van der Waals surface area (Å²) in [5, 5.41) is 7.47. The van der Waals surface area contributed by atoms with Gasteiger partial charge in [-0.3, -0.25) is 4.79 Å². The van der Waals surface area contributed by atoms with Crippen molar-refractivity contribution in [2.24, 2.45) is 0 Å². The van der Waals surface area contributed by atoms with Gasteiger partial charge in [0.25, 0.3) is 5.78 Å². The molecule has 9 nitrogen and oxygen atoms in total. The molecule has 0 saturated heterocycles. The summed E-state index contributed by atoms with van der Waals surface area (Å²) in [4.78, 5) is 20.8. The van der Waals surface area contributed by atoms with Gasteiger partial charge in [0.05, 0.1) is 10.6 Å². The van der Waals surface area contributed by atoms with Gasteiger partial charge < -0.3 is 5.32 Å². The van der Waals surface area contributed by atoms with Crippen LogP contribution in [0.5, 0.6) is 0 Å². The van der Waals surface area contributed by atoms with Crippen molar-refractivity contribution >= 4 is 39.2 Å². The number of sulfonamides is 1. The highest BCUT2D eigenvalue weighted by atomic mass is 32.2. The first kappa shape index (κ1) is 21.7. The van der Waals surface area contributed by atoms with E-state index >= 15 is 0 Å². The molecule has 2 aromatic heterocycles. The lowest BCUT2D eigenvalue weighted by molar-refractivity contribution is -0.113. The van der Waals surface area contributed by atoms with Crippen molar-refractivity contribution in [2.45, 2.75) is 48.2 Å². The van der Waals surface area contributed by atoms with Gasteiger partial charge in [-0.15, -0.1) is 5.10 Å². The molecule has 164 valence electrons. The Labute approximate surface area is 185 Å². The Bertz CT molecular complexity index is 1120. The fourth-order valence-corrected chi connectivity index (χ4v) is 5.66. The van der Waals surface area contributed by atoms with Crippen molar-refractivity contribution < 1.29 is 13.2 Å². The van der Waals surface area contributed by atoms with Crippen LogP contribution in [0.1, 0.15) is 32.1 Å². The van der Waals surface area contributed by atoms with Crippen molar-refractivity contribution in [3.63, 3.8) is 0 Å². The molecule has 0 radical (unpaired) electrons. The molecule has 1 fully saturated rings. The Morgan fingerprint density at radius 1 is 1.23 bits per heavy atom. The number of carbonyl (C=O) groups excluding carboxylic acids is 1. The zero-order valence-electron chi connectivity index (χ0n) is 17.1. The lowest BCUT2D eigenvalue weighted by Gasteiger charge is -2.30. The van der Waals surface area contributed by atoms with Gasteiger partial charge in [-0.2, -0.15) is 9.29 Å². The summed E-state index contributed by atoms with van der Waals surface area (Å²) in [6, 6.07) is 8.09. The van der Waals surface area contributed by atoms with Gasteiger partial charge in [-0.05, 0) is 43.2 Å². The van der Waals surface area contributed by atoms with E-state index in [1.807, 2.05) is 0 Å². The first-order valence-corrected chi connectivity index (χ1v) is 12.5. The van der Waals surface area contributed by atoms with Crippen LogP contribution >= 0.6 is 11.8 Å². The van der Waals surface area contributed by atoms with Gasteiger partial charge >= 0.3 is 0 Å². The number of nitrogens with one attached hydrogen (secondary N) is 1. The SMILES string of the molecule is CN(C1CCCCC1)S(=O)(=O)c1ccc(NC(=O)CSc2nc3ncccn3n2)cc1. The van der Waals surface area contributed by atoms with Crippen molar-refractivity contribution in [3.05, 3.63) is 42.7 Å². The van der Waals surface area contributed by atoms with Gasteiger partial charge in [0.2, 0.25) is 21.1 Å². The van der Waals surface area contributed by atoms with Crippen LogP contribution in [0, 0.1) is 0 Å². The minimum atomic E-state index is -3.55. The zero-order chi connectivity index (χ0) is 21.8. The van der Waals surface area contributed by atoms with E-state index in [1.54, 1.807) is 42.2 Å². The average Bonchev–Trinajstić information content (AvgIpc) is 3.21. The number of fused-ring (bicyclic) bond motifs is 1. The molecule has 1 aliphatic carbocycles. The molecular weight excluding hydrogens is 436 g/mol. The second-order valence-electron chi connectivity index (χ2n) is 7.43. The number of carbonyl (C=O) groups is 1. The highest BCUT2D eigenvalue weighted by Gasteiger charge is 2.28. The second-order valence-corrected chi connectivity index (χ2v) is 10.4. The summed E-state index contributed by atoms with van der Waals surface area (Å²) < 4.78 is 28.9. The normalized spacial score (nSPS) is 15.4. The van der Waals surface area contributed by atoms with E-state index < -0.39 is 10.0 Å². The molecule has 1 saturated carbocycles. The Kier molecular flexibility index (Phi) is 6.54. The van der Waals surface area contributed by atoms with E-state index in [2.05, 4.69) is 20.4 Å². The lowest BCUT2D eigenvalue weighted by atomic mass is 9.96. The predicted octanol–water partition coefficient (Wildman–Crippen LogP) is 2.81. The van der Waals surface area contributed by atoms with E-state index in [9.17, 15) is 13.2 Å². The van der Waals surface area contributed by atoms with Gasteiger partial charge in [0.1, 0.15) is 0 Å². The third-order valence-electron chi connectivity index (χ3n) is 5.33. The minimum Gasteiger partial charge on any atom is -0.325 e. The Hall–Kier alpha value is -2.50. The van der Waals surface area contributed by atoms with Gasteiger partial charge in [-0.25, -0.2) is 17.9 Å². The quantitative estimate of drug-likeness (QED) is 0.540. The molecule has 1 amide bonds. The van der Waals surface area contributed by atoms with Crippen LogP contribution in [-0.4, -0.2) is 57.1 Å². The maximum Gasteiger partial charge on any atom is 0.253 e. The lowest BCUT2D eigenvalue weighted by Crippen LogP contribution is -2.38. The summed E-state index contributed by atoms with van der Waals surface area (Å²) in [5.74, 6) is 0.369. The first-order valence-electron chi connectivity index (χ1n) is 10.1. The summed E-state index contributed by atoms with van der Waals surface area (Å²) in [6.07, 6.45) is 8.46. The maximum absolute atomic E-state index is 12.9. The molecule has 0 aliphatic heterocycles. The van der Waals surface area contributed by atoms with Gasteiger partial charge in [0.15, 0.2) is 0 Å². The molecule has 1 aliphatic rings. The predicted molar refractivity (Wildman–Crippen MR) is 118 cm³/mol. The molecule has 1 aromatic carbocycles. The number of hydrogen-bond donors (Lipinski definition) is 1. The number of thioether (sulfide) groups is 1. The maximum atomic E-state index is 12.9. The van der Waals surface area contributed by atoms with Crippen LogP contribution in [0.25, 0.3) is 5.78 Å². The number of aromatic nitrogens is 4. The van der Waals surface area contributed by atoms with Crippen molar-refractivity contribution in [3.8, 4) is 0 Å². The van der Waals surface area contributed by atoms with Crippen molar-refractivity contribution in [1.82, 2.24) is 23.9 Å². The highest BCUT2D eigenvalue weighted by Crippen LogP contribution is 2.27. The third kappa shape index (κ3) is 5.05. The topological polar surface area (TPSA) is 110 Å². The first-order chi connectivity index (χ1) is 14.9. The van der Waals surface area contributed by atoms with E-state index in [0.717, 1.165) is 25.7 Å². The molecule has 0 unspecified atom stereocenters. The highest BCUT2D eigenvalue weighted by molar-refractivity contribution is 7.99. The van der Waals surface area contributed by atoms with Crippen molar-refractivity contribution in [2.75, 3.05) is 18.1 Å². The number of benzene rings is 1. The van der Waals surface area contributed by atoms with E-state index in [0.29, 0.717) is 16.6 Å². The van der Waals surface area contributed by atoms with E-state index in [-0.39, 0.29) is 22.6 Å². The largest absolute Gasteiger partial charge is 0.325 e. The van der Waals surface area contributed by atoms with Crippen LogP contribution in [0.2, 0.25) is 0 Å². The smallest absolute Gasteiger partial charge is 0.253 e. The number of nitrogens with zero attached hydrogens (tertiary/aromatic N) is 5. The van der Waals surface area contributed by atoms with Crippen LogP contribution in [0.15, 0.2) is 52.8 Å². The molecule has 2 heterocycles. The molecule has 0 spiro atoms. The molecule has 11 heteroatoms. The average molecular weight is 461 g/mol. The zero-order valence-corrected chi connectivity index (χ0v) is 18.8. The summed E-state index contributed by atoms with van der Waals surface area (Å²) in [6.45, 7) is 0. The standard InChI is InChI=1S/C20H24N6O3S2/c1-25(16-6-3-2-4-7-16)31(28,29)17-10-8-15(9-11-17)22-18(27)14-30-20-23-19-21-12-5-13-26(19)24-20/h5,8-13,16H,2-4,6-7,14H2,1H3,(H,22,27). The Morgan fingerprint density at radius 2 is 1.97 bits per heavy atom. The van der Waals surface area contributed by atoms with Gasteiger partial charge in [-0.1, -0.05) is 31.0 Å². The second kappa shape index (κ2) is 9.33. The van der Waals surface area contributed by atoms with Crippen LogP contribution in [0.3, 0.4) is 0 Å². The molecule has 1 N–H and O–H groups in total. The monoisotopic (exact) mass is 460 g/mol. The summed E-state index contributed by atoms with van der Waals surface area (Å²) in [5.41, 5.74) is 0.537. The summed E-state index contributed by atoms with van der Waals surface area (Å²) >= 11 is 1.20. The number of hydrogen-bond acceptors (Lipinski definition) is 7. The van der Waals surface area contributed by atoms with E-state index in [1.165, 1.54) is 34.6 Å². The molecule has 0 atom stereocenters. The molecule has 4 rings (SSSR count). The molecule has 0 bridgehead atoms. The van der Waals surface area contributed by atoms with Gasteiger partial charge in [0, 0.05) is 31.2 Å². The number of amides is 1. The van der Waals surface area contributed by atoms with Crippen LogP contribution < -0.4 is 5.32 Å². The number of anilines is 1. The number of rotatable bonds is 7. The fraction of sp³-hybridized carbons (Fsp3) is 0.400. The minimum absolute atomic E-state index is 0.0542. The van der Waals surface area contributed by atoms with Crippen molar-refractivity contribution in [1.29, 1.82) is 0 Å². The molecule has 3 aromatic rings. The third-order valence-corrected chi connectivity index (χ3v) is 8.10. The van der Waals surface area contributed by atoms with Crippen LogP contribution in [-0.2, 0) is 14.8 Å². The van der Waals surface area contributed by atoms with E-state index in [4.69, 9.17) is 0 Å². The Balaban J connectivity index is 1.34. The fourth-order valence-electron chi connectivity index (χ4n) is 3.62.